The van der Waals surface area contributed by atoms with E-state index in [0.717, 1.165) is 4.57 Å². The molecule has 25 heavy (non-hydrogen) atoms. The molecule has 2 aromatic rings. The Balaban J connectivity index is 2.23. The number of pyridine rings is 1. The molecule has 9 nitrogen and oxygen atoms in total. The second-order valence-electron chi connectivity index (χ2n) is 5.01. The van der Waals surface area contributed by atoms with Gasteiger partial charge in [0.15, 0.2) is 6.61 Å². The van der Waals surface area contributed by atoms with E-state index in [1.807, 2.05) is 4.98 Å². The van der Waals surface area contributed by atoms with E-state index in [1.165, 1.54) is 18.3 Å². The molecule has 0 radical (unpaired) electrons. The van der Waals surface area contributed by atoms with Gasteiger partial charge in [0.25, 0.3) is 5.56 Å². The van der Waals surface area contributed by atoms with Crippen molar-refractivity contribution in [3.8, 4) is 0 Å². The van der Waals surface area contributed by atoms with Gasteiger partial charge < -0.3 is 10.5 Å². The third-order valence-corrected chi connectivity index (χ3v) is 3.58. The van der Waals surface area contributed by atoms with Crippen LogP contribution in [0.15, 0.2) is 27.9 Å². The van der Waals surface area contributed by atoms with Gasteiger partial charge in [-0.25, -0.2) is 14.6 Å². The standard InChI is InChI=1S/C15H15ClN4O5/c1-2-6-20-12(17)10(13(22)19-15(20)24)9(21)7-25-14(23)8-4-3-5-18-11(8)16/h3-5H,2,6-7,17H2,1H3,(H,19,22,24). The lowest BCUT2D eigenvalue weighted by Gasteiger charge is -2.11. The maximum Gasteiger partial charge on any atom is 0.341 e. The summed E-state index contributed by atoms with van der Waals surface area (Å²) in [4.78, 5) is 53.5. The highest BCUT2D eigenvalue weighted by Crippen LogP contribution is 2.13. The summed E-state index contributed by atoms with van der Waals surface area (Å²) in [6.07, 6.45) is 1.96. The number of esters is 1. The molecule has 0 aliphatic carbocycles. The van der Waals surface area contributed by atoms with E-state index in [2.05, 4.69) is 4.98 Å². The second-order valence-corrected chi connectivity index (χ2v) is 5.37. The molecule has 132 valence electrons. The third kappa shape index (κ3) is 3.94. The predicted molar refractivity (Wildman–Crippen MR) is 89.9 cm³/mol. The molecule has 0 aliphatic heterocycles. The van der Waals surface area contributed by atoms with E-state index in [-0.39, 0.29) is 23.1 Å². The minimum Gasteiger partial charge on any atom is -0.454 e. The fraction of sp³-hybridized carbons (Fsp3) is 0.267. The van der Waals surface area contributed by atoms with Gasteiger partial charge in [-0.1, -0.05) is 18.5 Å². The first kappa shape index (κ1) is 18.4. The first-order chi connectivity index (χ1) is 11.9. The number of aromatic amines is 1. The van der Waals surface area contributed by atoms with Crippen LogP contribution >= 0.6 is 11.6 Å². The summed E-state index contributed by atoms with van der Waals surface area (Å²) in [7, 11) is 0. The number of H-pyrrole nitrogens is 1. The Labute approximate surface area is 146 Å². The van der Waals surface area contributed by atoms with Gasteiger partial charge >= 0.3 is 11.7 Å². The monoisotopic (exact) mass is 366 g/mol. The van der Waals surface area contributed by atoms with Crippen molar-refractivity contribution in [2.45, 2.75) is 19.9 Å². The molecule has 0 amide bonds. The molecule has 0 saturated heterocycles. The van der Waals surface area contributed by atoms with E-state index in [1.54, 1.807) is 6.92 Å². The Morgan fingerprint density at radius 2 is 2.12 bits per heavy atom. The Morgan fingerprint density at radius 3 is 2.76 bits per heavy atom. The quantitative estimate of drug-likeness (QED) is 0.434. The zero-order valence-electron chi connectivity index (χ0n) is 13.2. The van der Waals surface area contributed by atoms with Gasteiger partial charge in [0.2, 0.25) is 5.78 Å². The van der Waals surface area contributed by atoms with Crippen molar-refractivity contribution in [2.24, 2.45) is 0 Å². The van der Waals surface area contributed by atoms with Crippen LogP contribution in [-0.2, 0) is 11.3 Å². The lowest BCUT2D eigenvalue weighted by molar-refractivity contribution is 0.0474. The molecule has 0 unspecified atom stereocenters. The molecular formula is C15H15ClN4O5. The van der Waals surface area contributed by atoms with Gasteiger partial charge in [-0.3, -0.25) is 19.1 Å². The molecule has 0 fully saturated rings. The zero-order chi connectivity index (χ0) is 18.6. The minimum absolute atomic E-state index is 0.0187. The van der Waals surface area contributed by atoms with Gasteiger partial charge in [-0.15, -0.1) is 0 Å². The van der Waals surface area contributed by atoms with Crippen LogP contribution in [0.5, 0.6) is 0 Å². The van der Waals surface area contributed by atoms with Gasteiger partial charge in [-0.05, 0) is 18.6 Å². The number of hydrogen-bond donors (Lipinski definition) is 2. The smallest absolute Gasteiger partial charge is 0.341 e. The average Bonchev–Trinajstić information content (AvgIpc) is 2.56. The average molecular weight is 367 g/mol. The number of ketones is 1. The first-order valence-electron chi connectivity index (χ1n) is 7.30. The van der Waals surface area contributed by atoms with Crippen molar-refractivity contribution in [2.75, 3.05) is 12.3 Å². The van der Waals surface area contributed by atoms with Crippen molar-refractivity contribution in [1.29, 1.82) is 0 Å². The van der Waals surface area contributed by atoms with Crippen LogP contribution in [0.3, 0.4) is 0 Å². The Hall–Kier alpha value is -2.94. The lowest BCUT2D eigenvalue weighted by Crippen LogP contribution is -2.37. The molecule has 2 rings (SSSR count). The number of nitrogen functional groups attached to an aromatic ring is 1. The van der Waals surface area contributed by atoms with Crippen molar-refractivity contribution < 1.29 is 14.3 Å². The van der Waals surface area contributed by atoms with Gasteiger partial charge in [0, 0.05) is 12.7 Å². The molecule has 2 heterocycles. The molecule has 0 spiro atoms. The SMILES string of the molecule is CCCn1c(N)c(C(=O)COC(=O)c2cccnc2Cl)c(=O)[nH]c1=O. The van der Waals surface area contributed by atoms with Crippen LogP contribution in [-0.4, -0.2) is 32.9 Å². The highest BCUT2D eigenvalue weighted by atomic mass is 35.5. The number of ether oxygens (including phenoxy) is 1. The van der Waals surface area contributed by atoms with Crippen molar-refractivity contribution in [3.05, 3.63) is 55.4 Å². The van der Waals surface area contributed by atoms with Crippen LogP contribution in [0.4, 0.5) is 5.82 Å². The van der Waals surface area contributed by atoms with Gasteiger partial charge in [0.05, 0.1) is 5.56 Å². The third-order valence-electron chi connectivity index (χ3n) is 3.28. The van der Waals surface area contributed by atoms with E-state index in [0.29, 0.717) is 6.42 Å². The van der Waals surface area contributed by atoms with E-state index in [9.17, 15) is 19.2 Å². The number of nitrogens with two attached hydrogens (primary N) is 1. The highest BCUT2D eigenvalue weighted by molar-refractivity contribution is 6.32. The molecule has 3 N–H and O–H groups in total. The number of carbonyl (C=O) groups excluding carboxylic acids is 2. The molecule has 0 bridgehead atoms. The highest BCUT2D eigenvalue weighted by Gasteiger charge is 2.21. The van der Waals surface area contributed by atoms with Crippen molar-refractivity contribution in [1.82, 2.24) is 14.5 Å². The summed E-state index contributed by atoms with van der Waals surface area (Å²) in [5, 5.41) is -0.0752. The van der Waals surface area contributed by atoms with Gasteiger partial charge in [0.1, 0.15) is 16.5 Å². The molecule has 0 aromatic carbocycles. The summed E-state index contributed by atoms with van der Waals surface area (Å²) in [5.41, 5.74) is 3.67. The summed E-state index contributed by atoms with van der Waals surface area (Å²) >= 11 is 5.76. The minimum atomic E-state index is -0.935. The molecule has 0 atom stereocenters. The second kappa shape index (κ2) is 7.75. The Bertz CT molecular complexity index is 934. The number of anilines is 1. The fourth-order valence-electron chi connectivity index (χ4n) is 2.12. The molecule has 0 saturated carbocycles. The zero-order valence-corrected chi connectivity index (χ0v) is 14.0. The number of aromatic nitrogens is 3. The number of halogens is 1. The van der Waals surface area contributed by atoms with Crippen molar-refractivity contribution >= 4 is 29.2 Å². The number of hydrogen-bond acceptors (Lipinski definition) is 7. The Morgan fingerprint density at radius 1 is 1.40 bits per heavy atom. The van der Waals surface area contributed by atoms with Crippen molar-refractivity contribution in [3.63, 3.8) is 0 Å². The summed E-state index contributed by atoms with van der Waals surface area (Å²) < 4.78 is 5.93. The van der Waals surface area contributed by atoms with Crippen LogP contribution in [0.25, 0.3) is 0 Å². The lowest BCUT2D eigenvalue weighted by atomic mass is 10.2. The fourth-order valence-corrected chi connectivity index (χ4v) is 2.32. The largest absolute Gasteiger partial charge is 0.454 e. The van der Waals surface area contributed by atoms with E-state index in [4.69, 9.17) is 22.1 Å². The van der Waals surface area contributed by atoms with Crippen LogP contribution in [0.2, 0.25) is 5.15 Å². The van der Waals surface area contributed by atoms with Crippen LogP contribution < -0.4 is 17.0 Å². The van der Waals surface area contributed by atoms with E-state index < -0.39 is 35.2 Å². The molecular weight excluding hydrogens is 352 g/mol. The Kier molecular flexibility index (Phi) is 5.71. The van der Waals surface area contributed by atoms with E-state index >= 15 is 0 Å². The summed E-state index contributed by atoms with van der Waals surface area (Å²) in [5.74, 6) is -1.98. The molecule has 2 aromatic heterocycles. The summed E-state index contributed by atoms with van der Waals surface area (Å²) in [6.45, 7) is 1.30. The number of nitrogens with zero attached hydrogens (tertiary/aromatic N) is 2. The number of rotatable bonds is 6. The number of Topliss-reactive ketones (excluding diaryl/α,β-unsaturated/α-hetero) is 1. The van der Waals surface area contributed by atoms with Gasteiger partial charge in [-0.2, -0.15) is 0 Å². The normalized spacial score (nSPS) is 10.5. The topological polar surface area (TPSA) is 137 Å². The number of carbonyl (C=O) groups is 2. The number of nitrogens with one attached hydrogen (secondary N) is 1. The van der Waals surface area contributed by atoms with Crippen LogP contribution in [0, 0.1) is 0 Å². The summed E-state index contributed by atoms with van der Waals surface area (Å²) in [6, 6.07) is 2.86. The maximum absolute atomic E-state index is 12.2. The first-order valence-corrected chi connectivity index (χ1v) is 7.68. The molecule has 0 aliphatic rings. The maximum atomic E-state index is 12.2. The predicted octanol–water partition coefficient (Wildman–Crippen LogP) is 0.617. The molecule has 10 heteroatoms. The van der Waals surface area contributed by atoms with Crippen LogP contribution in [0.1, 0.15) is 34.1 Å².